The van der Waals surface area contributed by atoms with Crippen molar-refractivity contribution in [3.63, 3.8) is 0 Å². The van der Waals surface area contributed by atoms with Crippen LogP contribution in [0.1, 0.15) is 11.1 Å². The fourth-order valence-corrected chi connectivity index (χ4v) is 7.31. The van der Waals surface area contributed by atoms with E-state index in [2.05, 4.69) is 149 Å². The first-order valence-corrected chi connectivity index (χ1v) is 14.0. The number of hydrogen-bond donors (Lipinski definition) is 0. The molecule has 6 aromatic carbocycles. The second-order valence-electron chi connectivity index (χ2n) is 10.9. The summed E-state index contributed by atoms with van der Waals surface area (Å²) in [6.07, 6.45) is 0.937. The standard InChI is InChI=1S/C37H25BN2/c1-3-13-27(14-4-1)39(28-15-5-2-6-16-28)34-21-11-12-25-24-26-22-23-30-29-17-7-9-19-32(29)40-33-20-10-8-18-31(33)38(35(25)34)36(26)37(30)40/h1-23H,24H2. The van der Waals surface area contributed by atoms with Gasteiger partial charge < -0.3 is 9.47 Å². The van der Waals surface area contributed by atoms with Crippen LogP contribution in [0.15, 0.2) is 140 Å². The van der Waals surface area contributed by atoms with Crippen LogP contribution >= 0.6 is 0 Å². The van der Waals surface area contributed by atoms with E-state index < -0.39 is 0 Å². The van der Waals surface area contributed by atoms with Crippen LogP contribution in [0.5, 0.6) is 0 Å². The van der Waals surface area contributed by atoms with Crippen molar-refractivity contribution in [1.29, 1.82) is 0 Å². The van der Waals surface area contributed by atoms with Gasteiger partial charge in [-0.3, -0.25) is 0 Å². The van der Waals surface area contributed by atoms with Gasteiger partial charge in [0.05, 0.1) is 5.52 Å². The Morgan fingerprint density at radius 1 is 0.525 bits per heavy atom. The minimum absolute atomic E-state index is 0.154. The first-order valence-electron chi connectivity index (χ1n) is 14.0. The van der Waals surface area contributed by atoms with E-state index in [-0.39, 0.29) is 6.71 Å². The molecule has 0 aliphatic carbocycles. The van der Waals surface area contributed by atoms with Crippen LogP contribution in [0, 0.1) is 0 Å². The third-order valence-corrected chi connectivity index (χ3v) is 8.86. The molecule has 0 spiro atoms. The van der Waals surface area contributed by atoms with Crippen molar-refractivity contribution in [2.75, 3.05) is 4.90 Å². The van der Waals surface area contributed by atoms with E-state index in [1.165, 1.54) is 72.1 Å². The quantitative estimate of drug-likeness (QED) is 0.234. The van der Waals surface area contributed by atoms with E-state index in [4.69, 9.17) is 0 Å². The first kappa shape index (κ1) is 21.9. The van der Waals surface area contributed by atoms with Gasteiger partial charge in [0.2, 0.25) is 6.71 Å². The summed E-state index contributed by atoms with van der Waals surface area (Å²) in [5, 5.41) is 2.67. The van der Waals surface area contributed by atoms with Gasteiger partial charge in [0.15, 0.2) is 0 Å². The zero-order valence-corrected chi connectivity index (χ0v) is 22.0. The predicted octanol–water partition coefficient (Wildman–Crippen LogP) is 6.99. The summed E-state index contributed by atoms with van der Waals surface area (Å²) in [7, 11) is 0. The zero-order valence-electron chi connectivity index (χ0n) is 22.0. The Kier molecular flexibility index (Phi) is 4.51. The highest BCUT2D eigenvalue weighted by atomic mass is 15.1. The molecule has 0 N–H and O–H groups in total. The van der Waals surface area contributed by atoms with Crippen LogP contribution in [0.25, 0.3) is 27.5 Å². The monoisotopic (exact) mass is 508 g/mol. The lowest BCUT2D eigenvalue weighted by molar-refractivity contribution is 1.16. The Morgan fingerprint density at radius 3 is 2.00 bits per heavy atom. The molecule has 2 aliphatic heterocycles. The zero-order chi connectivity index (χ0) is 26.2. The Bertz CT molecular complexity index is 2050. The Hall–Kier alpha value is -5.02. The molecule has 0 saturated heterocycles. The summed E-state index contributed by atoms with van der Waals surface area (Å²) in [6, 6.07) is 51.1. The molecule has 0 amide bonds. The van der Waals surface area contributed by atoms with Gasteiger partial charge in [-0.25, -0.2) is 0 Å². The van der Waals surface area contributed by atoms with Crippen LogP contribution in [0.4, 0.5) is 17.1 Å². The van der Waals surface area contributed by atoms with Crippen LogP contribution in [-0.4, -0.2) is 11.3 Å². The molecular formula is C37H25BN2. The van der Waals surface area contributed by atoms with Crippen molar-refractivity contribution < 1.29 is 0 Å². The summed E-state index contributed by atoms with van der Waals surface area (Å²) < 4.78 is 2.52. The van der Waals surface area contributed by atoms with Crippen molar-refractivity contribution in [3.05, 3.63) is 151 Å². The molecule has 3 heteroatoms. The number of para-hydroxylation sites is 4. The van der Waals surface area contributed by atoms with Crippen molar-refractivity contribution >= 4 is 62.0 Å². The SMILES string of the molecule is c1ccc(N(c2ccccc2)c2cccc3c2B2c4ccccc4-n4c5ccccc5c5ccc(c2c54)C3)cc1. The van der Waals surface area contributed by atoms with Crippen LogP contribution in [-0.2, 0) is 6.42 Å². The molecule has 40 heavy (non-hydrogen) atoms. The number of nitrogens with zero attached hydrogens (tertiary/aromatic N) is 2. The maximum Gasteiger partial charge on any atom is 0.250 e. The molecular weight excluding hydrogens is 483 g/mol. The molecule has 2 aliphatic rings. The number of anilines is 3. The summed E-state index contributed by atoms with van der Waals surface area (Å²) in [5.74, 6) is 0. The highest BCUT2D eigenvalue weighted by molar-refractivity contribution is 6.99. The normalized spacial score (nSPS) is 12.8. The fraction of sp³-hybridized carbons (Fsp3) is 0.0270. The lowest BCUT2D eigenvalue weighted by Crippen LogP contribution is -2.61. The summed E-state index contributed by atoms with van der Waals surface area (Å²) in [6.45, 7) is 0.154. The third-order valence-electron chi connectivity index (χ3n) is 8.86. The molecule has 0 saturated carbocycles. The van der Waals surface area contributed by atoms with Gasteiger partial charge in [0, 0.05) is 39.0 Å². The van der Waals surface area contributed by atoms with Crippen molar-refractivity contribution in [2.24, 2.45) is 0 Å². The van der Waals surface area contributed by atoms with E-state index in [0.29, 0.717) is 0 Å². The molecule has 3 heterocycles. The van der Waals surface area contributed by atoms with Gasteiger partial charge in [-0.15, -0.1) is 0 Å². The largest absolute Gasteiger partial charge is 0.311 e. The Labute approximate surface area is 233 Å². The second-order valence-corrected chi connectivity index (χ2v) is 10.9. The molecule has 2 nitrogen and oxygen atoms in total. The Balaban J connectivity index is 1.40. The fourth-order valence-electron chi connectivity index (χ4n) is 7.31. The topological polar surface area (TPSA) is 8.17 Å². The summed E-state index contributed by atoms with van der Waals surface area (Å²) in [4.78, 5) is 2.44. The maximum absolute atomic E-state index is 2.52. The average molecular weight is 508 g/mol. The average Bonchev–Trinajstić information content (AvgIpc) is 3.36. The molecule has 9 rings (SSSR count). The van der Waals surface area contributed by atoms with Crippen LogP contribution in [0.3, 0.4) is 0 Å². The minimum atomic E-state index is 0.154. The number of benzene rings is 6. The molecule has 0 radical (unpaired) electrons. The van der Waals surface area contributed by atoms with Crippen molar-refractivity contribution in [1.82, 2.24) is 4.57 Å². The lowest BCUT2D eigenvalue weighted by Gasteiger charge is -2.37. The van der Waals surface area contributed by atoms with Gasteiger partial charge in [-0.1, -0.05) is 97.1 Å². The van der Waals surface area contributed by atoms with Gasteiger partial charge in [0.25, 0.3) is 0 Å². The van der Waals surface area contributed by atoms with Gasteiger partial charge >= 0.3 is 0 Å². The van der Waals surface area contributed by atoms with Gasteiger partial charge in [0.1, 0.15) is 0 Å². The van der Waals surface area contributed by atoms with Gasteiger partial charge in [-0.05, 0) is 76.4 Å². The molecule has 7 aromatic rings. The maximum atomic E-state index is 2.52. The second kappa shape index (κ2) is 8.24. The number of hydrogen-bond acceptors (Lipinski definition) is 1. The van der Waals surface area contributed by atoms with Crippen molar-refractivity contribution in [2.45, 2.75) is 6.42 Å². The van der Waals surface area contributed by atoms with Crippen LogP contribution < -0.4 is 21.3 Å². The van der Waals surface area contributed by atoms with E-state index in [1.54, 1.807) is 0 Å². The Morgan fingerprint density at radius 2 is 1.20 bits per heavy atom. The van der Waals surface area contributed by atoms with E-state index in [0.717, 1.165) is 6.42 Å². The summed E-state index contributed by atoms with van der Waals surface area (Å²) >= 11 is 0. The predicted molar refractivity (Wildman–Crippen MR) is 169 cm³/mol. The highest BCUT2D eigenvalue weighted by Crippen LogP contribution is 2.38. The highest BCUT2D eigenvalue weighted by Gasteiger charge is 2.40. The number of rotatable bonds is 3. The van der Waals surface area contributed by atoms with Crippen LogP contribution in [0.2, 0.25) is 0 Å². The molecule has 1 aromatic heterocycles. The lowest BCUT2D eigenvalue weighted by atomic mass is 9.32. The van der Waals surface area contributed by atoms with E-state index >= 15 is 0 Å². The van der Waals surface area contributed by atoms with Gasteiger partial charge in [-0.2, -0.15) is 0 Å². The molecule has 0 unspecified atom stereocenters. The van der Waals surface area contributed by atoms with Crippen molar-refractivity contribution in [3.8, 4) is 5.69 Å². The summed E-state index contributed by atoms with van der Waals surface area (Å²) in [5.41, 5.74) is 14.6. The number of aromatic nitrogens is 1. The van der Waals surface area contributed by atoms with E-state index in [9.17, 15) is 0 Å². The molecule has 186 valence electrons. The smallest absolute Gasteiger partial charge is 0.250 e. The van der Waals surface area contributed by atoms with E-state index in [1.807, 2.05) is 0 Å². The molecule has 0 fully saturated rings. The minimum Gasteiger partial charge on any atom is -0.311 e. The molecule has 0 bridgehead atoms. The molecule has 0 atom stereocenters. The first-order chi connectivity index (χ1) is 19.9. The third kappa shape index (κ3) is 2.89. The number of fused-ring (bicyclic) bond motifs is 8.